The average Bonchev–Trinajstić information content (AvgIpc) is 2.38. The molecule has 0 fully saturated rings. The number of ether oxygens (including phenoxy) is 1. The molecule has 0 unspecified atom stereocenters. The summed E-state index contributed by atoms with van der Waals surface area (Å²) in [6.07, 6.45) is 0. The molecule has 0 aliphatic heterocycles. The summed E-state index contributed by atoms with van der Waals surface area (Å²) in [6.45, 7) is 0.532. The van der Waals surface area contributed by atoms with Crippen LogP contribution in [0.2, 0.25) is 5.02 Å². The first-order valence-corrected chi connectivity index (χ1v) is 5.92. The Morgan fingerprint density at radius 2 is 2.00 bits per heavy atom. The third kappa shape index (κ3) is 3.22. The first-order chi connectivity index (χ1) is 8.69. The smallest absolute Gasteiger partial charge is 0.129 e. The van der Waals surface area contributed by atoms with Crippen LogP contribution in [0.4, 0.5) is 4.39 Å². The van der Waals surface area contributed by atoms with Gasteiger partial charge in [0.2, 0.25) is 0 Å². The van der Waals surface area contributed by atoms with E-state index >= 15 is 0 Å². The zero-order valence-corrected chi connectivity index (χ0v) is 10.5. The van der Waals surface area contributed by atoms with Crippen molar-refractivity contribution in [1.29, 1.82) is 0 Å². The minimum atomic E-state index is -0.297. The number of nitrogens with two attached hydrogens (primary N) is 1. The van der Waals surface area contributed by atoms with Crippen LogP contribution >= 0.6 is 11.6 Å². The molecule has 0 aliphatic carbocycles. The van der Waals surface area contributed by atoms with Gasteiger partial charge in [-0.3, -0.25) is 0 Å². The van der Waals surface area contributed by atoms with Crippen molar-refractivity contribution in [3.63, 3.8) is 0 Å². The molecule has 0 atom stereocenters. The highest BCUT2D eigenvalue weighted by molar-refractivity contribution is 6.30. The van der Waals surface area contributed by atoms with Crippen LogP contribution < -0.4 is 10.5 Å². The van der Waals surface area contributed by atoms with E-state index in [9.17, 15) is 4.39 Å². The Morgan fingerprint density at radius 1 is 1.17 bits per heavy atom. The zero-order valence-electron chi connectivity index (χ0n) is 9.70. The molecule has 2 nitrogen and oxygen atoms in total. The van der Waals surface area contributed by atoms with Crippen molar-refractivity contribution in [1.82, 2.24) is 0 Å². The molecule has 2 aromatic carbocycles. The lowest BCUT2D eigenvalue weighted by molar-refractivity contribution is 0.299. The van der Waals surface area contributed by atoms with Gasteiger partial charge in [0.05, 0.1) is 0 Å². The normalized spacial score (nSPS) is 10.4. The monoisotopic (exact) mass is 265 g/mol. The lowest BCUT2D eigenvalue weighted by Gasteiger charge is -2.08. The van der Waals surface area contributed by atoms with Crippen LogP contribution in [0.5, 0.6) is 5.75 Å². The third-order valence-electron chi connectivity index (χ3n) is 2.54. The zero-order chi connectivity index (χ0) is 13.0. The standard InChI is InChI=1S/C14H13ClFNO/c15-12-2-1-3-13(7-12)18-9-11-6-10(8-17)4-5-14(11)16/h1-7H,8-9,17H2. The van der Waals surface area contributed by atoms with Gasteiger partial charge in [-0.15, -0.1) is 0 Å². The first-order valence-electron chi connectivity index (χ1n) is 5.55. The van der Waals surface area contributed by atoms with Gasteiger partial charge in [0.1, 0.15) is 18.2 Å². The van der Waals surface area contributed by atoms with Gasteiger partial charge in [0.25, 0.3) is 0 Å². The Labute approximate surface area is 110 Å². The predicted octanol–water partition coefficient (Wildman–Crippen LogP) is 3.52. The topological polar surface area (TPSA) is 35.2 Å². The van der Waals surface area contributed by atoms with Gasteiger partial charge in [-0.2, -0.15) is 0 Å². The average molecular weight is 266 g/mol. The van der Waals surface area contributed by atoms with Crippen LogP contribution in [0.3, 0.4) is 0 Å². The molecule has 4 heteroatoms. The van der Waals surface area contributed by atoms with Gasteiger partial charge in [-0.1, -0.05) is 23.7 Å². The van der Waals surface area contributed by atoms with Crippen LogP contribution in [-0.4, -0.2) is 0 Å². The van der Waals surface area contributed by atoms with Crippen LogP contribution in [0, 0.1) is 5.82 Å². The Morgan fingerprint density at radius 3 is 2.72 bits per heavy atom. The van der Waals surface area contributed by atoms with E-state index in [1.165, 1.54) is 6.07 Å². The molecule has 2 N–H and O–H groups in total. The van der Waals surface area contributed by atoms with Crippen LogP contribution in [0.15, 0.2) is 42.5 Å². The number of hydrogen-bond acceptors (Lipinski definition) is 2. The summed E-state index contributed by atoms with van der Waals surface area (Å²) in [5.41, 5.74) is 6.88. The molecule has 0 aromatic heterocycles. The second-order valence-electron chi connectivity index (χ2n) is 3.88. The van der Waals surface area contributed by atoms with E-state index in [0.717, 1.165) is 5.56 Å². The number of benzene rings is 2. The van der Waals surface area contributed by atoms with Crippen LogP contribution in [0.25, 0.3) is 0 Å². The fraction of sp³-hybridized carbons (Fsp3) is 0.143. The molecule has 18 heavy (non-hydrogen) atoms. The Kier molecular flexibility index (Phi) is 4.18. The fourth-order valence-corrected chi connectivity index (χ4v) is 1.76. The summed E-state index contributed by atoms with van der Waals surface area (Å²) in [5.74, 6) is 0.314. The van der Waals surface area contributed by atoms with E-state index in [1.54, 1.807) is 36.4 Å². The number of rotatable bonds is 4. The van der Waals surface area contributed by atoms with E-state index in [0.29, 0.717) is 22.9 Å². The largest absolute Gasteiger partial charge is 0.489 e. The first kappa shape index (κ1) is 12.9. The molecule has 2 rings (SSSR count). The molecule has 0 amide bonds. The Hall–Kier alpha value is -1.58. The van der Waals surface area contributed by atoms with Crippen LogP contribution in [0.1, 0.15) is 11.1 Å². The van der Waals surface area contributed by atoms with E-state index in [-0.39, 0.29) is 12.4 Å². The SMILES string of the molecule is NCc1ccc(F)c(COc2cccc(Cl)c2)c1. The van der Waals surface area contributed by atoms with Gasteiger partial charge >= 0.3 is 0 Å². The lowest BCUT2D eigenvalue weighted by atomic mass is 10.1. The summed E-state index contributed by atoms with van der Waals surface area (Å²) < 4.78 is 19.0. The third-order valence-corrected chi connectivity index (χ3v) is 2.77. The highest BCUT2D eigenvalue weighted by Gasteiger charge is 2.04. The minimum Gasteiger partial charge on any atom is -0.489 e. The molecular formula is C14H13ClFNO. The molecule has 0 spiro atoms. The van der Waals surface area contributed by atoms with Gasteiger partial charge in [-0.05, 0) is 35.9 Å². The maximum atomic E-state index is 13.5. The molecule has 0 radical (unpaired) electrons. The summed E-state index contributed by atoms with van der Waals surface area (Å²) in [7, 11) is 0. The van der Waals surface area contributed by atoms with E-state index in [4.69, 9.17) is 22.1 Å². The quantitative estimate of drug-likeness (QED) is 0.918. The van der Waals surface area contributed by atoms with Crippen LogP contribution in [-0.2, 0) is 13.2 Å². The summed E-state index contributed by atoms with van der Waals surface area (Å²) >= 11 is 5.83. The van der Waals surface area contributed by atoms with Crippen molar-refractivity contribution in [2.45, 2.75) is 13.2 Å². The molecular weight excluding hydrogens is 253 g/mol. The number of halogens is 2. The molecule has 0 aliphatic rings. The molecule has 0 saturated carbocycles. The highest BCUT2D eigenvalue weighted by Crippen LogP contribution is 2.19. The molecule has 2 aromatic rings. The van der Waals surface area contributed by atoms with Gasteiger partial charge in [0, 0.05) is 17.1 Å². The van der Waals surface area contributed by atoms with E-state index in [2.05, 4.69) is 0 Å². The molecule has 0 heterocycles. The van der Waals surface area contributed by atoms with Crippen molar-refractivity contribution >= 4 is 11.6 Å². The second-order valence-corrected chi connectivity index (χ2v) is 4.31. The van der Waals surface area contributed by atoms with Crippen molar-refractivity contribution < 1.29 is 9.13 Å². The minimum absolute atomic E-state index is 0.153. The Balaban J connectivity index is 2.10. The second kappa shape index (κ2) is 5.85. The lowest BCUT2D eigenvalue weighted by Crippen LogP contribution is -2.02. The summed E-state index contributed by atoms with van der Waals surface area (Å²) in [6, 6.07) is 11.8. The van der Waals surface area contributed by atoms with Crippen molar-refractivity contribution in [3.8, 4) is 5.75 Å². The summed E-state index contributed by atoms with van der Waals surface area (Å²) in [4.78, 5) is 0. The summed E-state index contributed by atoms with van der Waals surface area (Å²) in [5, 5.41) is 0.587. The predicted molar refractivity (Wildman–Crippen MR) is 70.1 cm³/mol. The number of hydrogen-bond donors (Lipinski definition) is 1. The highest BCUT2D eigenvalue weighted by atomic mass is 35.5. The van der Waals surface area contributed by atoms with Crippen molar-refractivity contribution in [2.75, 3.05) is 0 Å². The maximum absolute atomic E-state index is 13.5. The molecule has 0 saturated heterocycles. The Bertz CT molecular complexity index is 545. The van der Waals surface area contributed by atoms with Gasteiger partial charge in [0.15, 0.2) is 0 Å². The fourth-order valence-electron chi connectivity index (χ4n) is 1.58. The van der Waals surface area contributed by atoms with Gasteiger partial charge in [-0.25, -0.2) is 4.39 Å². The molecule has 94 valence electrons. The van der Waals surface area contributed by atoms with E-state index < -0.39 is 0 Å². The van der Waals surface area contributed by atoms with Gasteiger partial charge < -0.3 is 10.5 Å². The maximum Gasteiger partial charge on any atom is 0.129 e. The molecule has 0 bridgehead atoms. The van der Waals surface area contributed by atoms with Crippen molar-refractivity contribution in [3.05, 3.63) is 64.4 Å². The van der Waals surface area contributed by atoms with Crippen molar-refractivity contribution in [2.24, 2.45) is 5.73 Å². The van der Waals surface area contributed by atoms with E-state index in [1.807, 2.05) is 0 Å².